The molecule has 0 radical (unpaired) electrons. The zero-order valence-electron chi connectivity index (χ0n) is 15.4. The molecule has 0 saturated heterocycles. The number of hydrogen-bond acceptors (Lipinski definition) is 5. The molecule has 2 N–H and O–H groups in total. The second-order valence-electron chi connectivity index (χ2n) is 6.57. The van der Waals surface area contributed by atoms with Gasteiger partial charge in [0.15, 0.2) is 0 Å². The lowest BCUT2D eigenvalue weighted by molar-refractivity contribution is -0.121. The number of nitrogens with one attached hydrogen (secondary N) is 2. The summed E-state index contributed by atoms with van der Waals surface area (Å²) in [5.41, 5.74) is 3.14. The monoisotopic (exact) mass is 375 g/mol. The average molecular weight is 375 g/mol. The molecule has 0 fully saturated rings. The van der Waals surface area contributed by atoms with E-state index in [4.69, 9.17) is 4.52 Å². The van der Waals surface area contributed by atoms with E-state index in [-0.39, 0.29) is 5.91 Å². The quantitative estimate of drug-likeness (QED) is 0.492. The van der Waals surface area contributed by atoms with Gasteiger partial charge in [0, 0.05) is 54.4 Å². The molecule has 4 aromatic rings. The van der Waals surface area contributed by atoms with Gasteiger partial charge in [0.05, 0.1) is 0 Å². The highest BCUT2D eigenvalue weighted by Gasteiger charge is 2.10. The normalized spacial score (nSPS) is 11.0. The smallest absolute Gasteiger partial charge is 0.226 e. The Morgan fingerprint density at radius 3 is 2.96 bits per heavy atom. The van der Waals surface area contributed by atoms with E-state index in [0.717, 1.165) is 17.5 Å². The molecule has 0 bridgehead atoms. The van der Waals surface area contributed by atoms with E-state index in [2.05, 4.69) is 37.6 Å². The number of fused-ring (bicyclic) bond motifs is 1. The van der Waals surface area contributed by atoms with Crippen LogP contribution in [0.15, 0.2) is 59.5 Å². The van der Waals surface area contributed by atoms with Crippen molar-refractivity contribution in [1.82, 2.24) is 25.4 Å². The van der Waals surface area contributed by atoms with Crippen LogP contribution >= 0.6 is 0 Å². The number of H-pyrrole nitrogens is 1. The topological polar surface area (TPSA) is 96.7 Å². The Morgan fingerprint density at radius 2 is 2.07 bits per heavy atom. The van der Waals surface area contributed by atoms with Crippen LogP contribution in [0.3, 0.4) is 0 Å². The molecule has 3 heterocycles. The summed E-state index contributed by atoms with van der Waals surface area (Å²) in [5.74, 6) is 1.09. The summed E-state index contributed by atoms with van der Waals surface area (Å²) in [7, 11) is 0. The van der Waals surface area contributed by atoms with Crippen LogP contribution < -0.4 is 5.32 Å². The van der Waals surface area contributed by atoms with E-state index in [1.54, 1.807) is 12.4 Å². The largest absolute Gasteiger partial charge is 0.361 e. The zero-order chi connectivity index (χ0) is 19.2. The number of aryl methyl sites for hydroxylation is 1. The van der Waals surface area contributed by atoms with Crippen LogP contribution in [-0.4, -0.2) is 32.6 Å². The van der Waals surface area contributed by atoms with Crippen molar-refractivity contribution in [2.75, 3.05) is 6.54 Å². The number of para-hydroxylation sites is 1. The summed E-state index contributed by atoms with van der Waals surface area (Å²) >= 11 is 0. The van der Waals surface area contributed by atoms with E-state index >= 15 is 0 Å². The summed E-state index contributed by atoms with van der Waals surface area (Å²) < 4.78 is 5.25. The number of aromatic amines is 1. The number of amides is 1. The molecule has 0 unspecified atom stereocenters. The van der Waals surface area contributed by atoms with Crippen molar-refractivity contribution in [1.29, 1.82) is 0 Å². The van der Waals surface area contributed by atoms with Gasteiger partial charge in [0.1, 0.15) is 0 Å². The van der Waals surface area contributed by atoms with Crippen LogP contribution in [0.25, 0.3) is 22.3 Å². The molecule has 7 heteroatoms. The number of hydrogen-bond donors (Lipinski definition) is 2. The average Bonchev–Trinajstić information content (AvgIpc) is 3.36. The molecule has 3 aromatic heterocycles. The predicted molar refractivity (Wildman–Crippen MR) is 105 cm³/mol. The molecule has 0 atom stereocenters. The van der Waals surface area contributed by atoms with Crippen molar-refractivity contribution >= 4 is 16.8 Å². The SMILES string of the molecule is O=C(CCCc1nc(-c2cccnc2)no1)NCCc1c[nH]c2ccccc12. The predicted octanol–water partition coefficient (Wildman–Crippen LogP) is 3.29. The maximum Gasteiger partial charge on any atom is 0.226 e. The van der Waals surface area contributed by atoms with E-state index in [9.17, 15) is 4.79 Å². The van der Waals surface area contributed by atoms with Crippen molar-refractivity contribution in [2.24, 2.45) is 0 Å². The highest BCUT2D eigenvalue weighted by Crippen LogP contribution is 2.18. The fourth-order valence-electron chi connectivity index (χ4n) is 3.13. The van der Waals surface area contributed by atoms with E-state index in [1.165, 1.54) is 10.9 Å². The summed E-state index contributed by atoms with van der Waals surface area (Å²) in [6.07, 6.45) is 7.85. The molecule has 28 heavy (non-hydrogen) atoms. The van der Waals surface area contributed by atoms with E-state index in [0.29, 0.717) is 37.5 Å². The molecule has 0 aliphatic heterocycles. The first-order valence-corrected chi connectivity index (χ1v) is 9.34. The van der Waals surface area contributed by atoms with Crippen molar-refractivity contribution in [3.63, 3.8) is 0 Å². The van der Waals surface area contributed by atoms with Crippen LogP contribution in [0.2, 0.25) is 0 Å². The van der Waals surface area contributed by atoms with Gasteiger partial charge in [-0.2, -0.15) is 4.98 Å². The molecule has 4 rings (SSSR count). The third kappa shape index (κ3) is 4.25. The summed E-state index contributed by atoms with van der Waals surface area (Å²) in [6, 6.07) is 11.9. The molecular formula is C21H21N5O2. The lowest BCUT2D eigenvalue weighted by Gasteiger charge is -2.04. The van der Waals surface area contributed by atoms with E-state index in [1.807, 2.05) is 30.5 Å². The second kappa shape index (κ2) is 8.47. The number of nitrogens with zero attached hydrogens (tertiary/aromatic N) is 3. The first-order valence-electron chi connectivity index (χ1n) is 9.34. The van der Waals surface area contributed by atoms with Crippen molar-refractivity contribution in [2.45, 2.75) is 25.7 Å². The van der Waals surface area contributed by atoms with E-state index < -0.39 is 0 Å². The van der Waals surface area contributed by atoms with Gasteiger partial charge in [-0.25, -0.2) is 0 Å². The summed E-state index contributed by atoms with van der Waals surface area (Å²) in [6.45, 7) is 0.617. The van der Waals surface area contributed by atoms with Crippen LogP contribution in [-0.2, 0) is 17.6 Å². The Kier molecular flexibility index (Phi) is 5.42. The summed E-state index contributed by atoms with van der Waals surface area (Å²) in [4.78, 5) is 23.7. The van der Waals surface area contributed by atoms with Crippen molar-refractivity contribution < 1.29 is 9.32 Å². The standard InChI is InChI=1S/C21H21N5O2/c27-19(23-12-10-15-14-24-18-7-2-1-6-17(15)18)8-3-9-20-25-21(26-28-20)16-5-4-11-22-13-16/h1-2,4-7,11,13-14,24H,3,8-10,12H2,(H,23,27). The highest BCUT2D eigenvalue weighted by molar-refractivity contribution is 5.83. The maximum atomic E-state index is 12.1. The minimum Gasteiger partial charge on any atom is -0.361 e. The lowest BCUT2D eigenvalue weighted by Crippen LogP contribution is -2.25. The number of carbonyl (C=O) groups is 1. The van der Waals surface area contributed by atoms with Gasteiger partial charge < -0.3 is 14.8 Å². The lowest BCUT2D eigenvalue weighted by atomic mass is 10.1. The highest BCUT2D eigenvalue weighted by atomic mass is 16.5. The van der Waals surface area contributed by atoms with Gasteiger partial charge in [-0.1, -0.05) is 23.4 Å². The molecule has 0 saturated carbocycles. The molecule has 0 aliphatic rings. The number of aromatic nitrogens is 4. The Bertz CT molecular complexity index is 1050. The van der Waals surface area contributed by atoms with Crippen LogP contribution in [0.1, 0.15) is 24.3 Å². The van der Waals surface area contributed by atoms with Gasteiger partial charge in [-0.05, 0) is 36.6 Å². The Morgan fingerprint density at radius 1 is 1.14 bits per heavy atom. The van der Waals surface area contributed by atoms with Gasteiger partial charge in [-0.3, -0.25) is 9.78 Å². The van der Waals surface area contributed by atoms with Crippen LogP contribution in [0, 0.1) is 0 Å². The Labute approximate surface area is 162 Å². The molecule has 0 spiro atoms. The van der Waals surface area contributed by atoms with Crippen molar-refractivity contribution in [3.8, 4) is 11.4 Å². The van der Waals surface area contributed by atoms with Gasteiger partial charge in [0.25, 0.3) is 0 Å². The van der Waals surface area contributed by atoms with Crippen LogP contribution in [0.5, 0.6) is 0 Å². The fraction of sp³-hybridized carbons (Fsp3) is 0.238. The molecule has 1 amide bonds. The first-order chi connectivity index (χ1) is 13.8. The first kappa shape index (κ1) is 17.9. The van der Waals surface area contributed by atoms with Crippen LogP contribution in [0.4, 0.5) is 0 Å². The molecule has 0 aliphatic carbocycles. The number of carbonyl (C=O) groups excluding carboxylic acids is 1. The fourth-order valence-corrected chi connectivity index (χ4v) is 3.13. The van der Waals surface area contributed by atoms with Gasteiger partial charge >= 0.3 is 0 Å². The third-order valence-corrected chi connectivity index (χ3v) is 4.57. The minimum absolute atomic E-state index is 0.0341. The second-order valence-corrected chi connectivity index (χ2v) is 6.57. The molecule has 7 nitrogen and oxygen atoms in total. The van der Waals surface area contributed by atoms with Crippen molar-refractivity contribution in [3.05, 3.63) is 66.4 Å². The maximum absolute atomic E-state index is 12.1. The Balaban J connectivity index is 1.19. The number of rotatable bonds is 8. The molecule has 142 valence electrons. The zero-order valence-corrected chi connectivity index (χ0v) is 15.4. The number of pyridine rings is 1. The molecule has 1 aromatic carbocycles. The summed E-state index contributed by atoms with van der Waals surface area (Å²) in [5, 5.41) is 8.14. The third-order valence-electron chi connectivity index (χ3n) is 4.57. The van der Waals surface area contributed by atoms with Gasteiger partial charge in [-0.15, -0.1) is 0 Å². The molecular weight excluding hydrogens is 354 g/mol. The van der Waals surface area contributed by atoms with Gasteiger partial charge in [0.2, 0.25) is 17.6 Å². The minimum atomic E-state index is 0.0341. The number of benzene rings is 1. The Hall–Kier alpha value is -3.48.